The van der Waals surface area contributed by atoms with Gasteiger partial charge in [0.1, 0.15) is 5.75 Å². The molecule has 162 valence electrons. The third kappa shape index (κ3) is 5.76. The Morgan fingerprint density at radius 2 is 1.65 bits per heavy atom. The minimum atomic E-state index is -3.77. The summed E-state index contributed by atoms with van der Waals surface area (Å²) in [5.74, 6) is 0.356. The lowest BCUT2D eigenvalue weighted by molar-refractivity contribution is 0.0951. The largest absolute Gasteiger partial charge is 0.497 e. The van der Waals surface area contributed by atoms with Crippen molar-refractivity contribution in [3.8, 4) is 5.75 Å². The van der Waals surface area contributed by atoms with Crippen LogP contribution in [-0.2, 0) is 16.6 Å². The molecular formula is C23H25N3O4S. The van der Waals surface area contributed by atoms with Crippen molar-refractivity contribution in [1.29, 1.82) is 0 Å². The maximum Gasteiger partial charge on any atom is 0.261 e. The maximum absolute atomic E-state index is 12.6. The molecule has 3 aromatic carbocycles. The topological polar surface area (TPSA) is 87.7 Å². The number of amides is 1. The predicted molar refractivity (Wildman–Crippen MR) is 122 cm³/mol. The van der Waals surface area contributed by atoms with Crippen molar-refractivity contribution < 1.29 is 17.9 Å². The summed E-state index contributed by atoms with van der Waals surface area (Å²) in [6.45, 7) is 0.375. The van der Waals surface area contributed by atoms with Gasteiger partial charge in [-0.1, -0.05) is 12.1 Å². The summed E-state index contributed by atoms with van der Waals surface area (Å²) in [6.07, 6.45) is 0. The highest BCUT2D eigenvalue weighted by molar-refractivity contribution is 7.92. The van der Waals surface area contributed by atoms with Gasteiger partial charge in [-0.2, -0.15) is 0 Å². The molecule has 0 atom stereocenters. The highest BCUT2D eigenvalue weighted by Gasteiger charge is 2.15. The Labute approximate surface area is 182 Å². The predicted octanol–water partition coefficient (Wildman–Crippen LogP) is 3.49. The lowest BCUT2D eigenvalue weighted by atomic mass is 10.1. The Hall–Kier alpha value is -3.52. The molecule has 0 aliphatic heterocycles. The lowest BCUT2D eigenvalue weighted by Gasteiger charge is -2.14. The van der Waals surface area contributed by atoms with Gasteiger partial charge < -0.3 is 15.0 Å². The molecule has 31 heavy (non-hydrogen) atoms. The molecule has 0 heterocycles. The van der Waals surface area contributed by atoms with Gasteiger partial charge in [-0.3, -0.25) is 9.52 Å². The van der Waals surface area contributed by atoms with Crippen LogP contribution in [0.15, 0.2) is 77.7 Å². The van der Waals surface area contributed by atoms with E-state index in [0.717, 1.165) is 11.3 Å². The van der Waals surface area contributed by atoms with Gasteiger partial charge in [0.25, 0.3) is 15.9 Å². The average molecular weight is 440 g/mol. The minimum absolute atomic E-state index is 0.0681. The van der Waals surface area contributed by atoms with E-state index in [1.807, 2.05) is 43.3 Å². The Balaban J connectivity index is 1.64. The minimum Gasteiger partial charge on any atom is -0.497 e. The molecule has 0 aliphatic carbocycles. The molecule has 0 saturated heterocycles. The van der Waals surface area contributed by atoms with Gasteiger partial charge in [0.05, 0.1) is 12.0 Å². The van der Waals surface area contributed by atoms with Crippen LogP contribution in [0.4, 0.5) is 11.4 Å². The first-order valence-corrected chi connectivity index (χ1v) is 11.1. The Bertz CT molecular complexity index is 1140. The van der Waals surface area contributed by atoms with Gasteiger partial charge in [0, 0.05) is 37.6 Å². The zero-order valence-corrected chi connectivity index (χ0v) is 18.4. The summed E-state index contributed by atoms with van der Waals surface area (Å²) in [5.41, 5.74) is 2.82. The molecule has 3 aromatic rings. The van der Waals surface area contributed by atoms with Crippen molar-refractivity contribution in [2.45, 2.75) is 11.4 Å². The van der Waals surface area contributed by atoms with E-state index < -0.39 is 10.0 Å². The smallest absolute Gasteiger partial charge is 0.261 e. The zero-order chi connectivity index (χ0) is 22.4. The van der Waals surface area contributed by atoms with E-state index in [1.165, 1.54) is 31.4 Å². The van der Waals surface area contributed by atoms with Crippen LogP contribution >= 0.6 is 0 Å². The fourth-order valence-corrected chi connectivity index (χ4v) is 3.95. The standard InChI is InChI=1S/C23H25N3O4S/c1-26(2)20-6-4-5-17(15-20)16-24-23(27)18-7-13-22(14-8-18)31(28,29)25-19-9-11-21(30-3)12-10-19/h4-15,25H,16H2,1-3H3,(H,24,27). The molecule has 1 amide bonds. The first kappa shape index (κ1) is 22.2. The van der Waals surface area contributed by atoms with Crippen molar-refractivity contribution in [3.63, 3.8) is 0 Å². The number of carbonyl (C=O) groups excluding carboxylic acids is 1. The summed E-state index contributed by atoms with van der Waals surface area (Å²) in [7, 11) is 1.68. The Kier molecular flexibility index (Phi) is 6.81. The van der Waals surface area contributed by atoms with Gasteiger partial charge >= 0.3 is 0 Å². The van der Waals surface area contributed by atoms with Crippen molar-refractivity contribution in [2.24, 2.45) is 0 Å². The SMILES string of the molecule is COc1ccc(NS(=O)(=O)c2ccc(C(=O)NCc3cccc(N(C)C)c3)cc2)cc1. The summed E-state index contributed by atoms with van der Waals surface area (Å²) >= 11 is 0. The highest BCUT2D eigenvalue weighted by atomic mass is 32.2. The monoisotopic (exact) mass is 439 g/mol. The fourth-order valence-electron chi connectivity index (χ4n) is 2.89. The number of hydrogen-bond donors (Lipinski definition) is 2. The van der Waals surface area contributed by atoms with Gasteiger partial charge in [-0.15, -0.1) is 0 Å². The van der Waals surface area contributed by atoms with Crippen molar-refractivity contribution in [1.82, 2.24) is 5.32 Å². The Morgan fingerprint density at radius 1 is 0.968 bits per heavy atom. The molecule has 0 unspecified atom stereocenters. The number of sulfonamides is 1. The summed E-state index contributed by atoms with van der Waals surface area (Å²) in [5, 5.41) is 2.86. The molecule has 2 N–H and O–H groups in total. The fraction of sp³-hybridized carbons (Fsp3) is 0.174. The number of methoxy groups -OCH3 is 1. The molecule has 0 bridgehead atoms. The quantitative estimate of drug-likeness (QED) is 0.561. The van der Waals surface area contributed by atoms with Crippen LogP contribution in [0, 0.1) is 0 Å². The number of carbonyl (C=O) groups is 1. The van der Waals surface area contributed by atoms with Crippen LogP contribution in [0.1, 0.15) is 15.9 Å². The lowest BCUT2D eigenvalue weighted by Crippen LogP contribution is -2.23. The van der Waals surface area contributed by atoms with E-state index in [4.69, 9.17) is 4.74 Å². The van der Waals surface area contributed by atoms with Crippen LogP contribution in [-0.4, -0.2) is 35.5 Å². The van der Waals surface area contributed by atoms with E-state index in [9.17, 15) is 13.2 Å². The molecule has 0 spiro atoms. The van der Waals surface area contributed by atoms with E-state index in [-0.39, 0.29) is 10.8 Å². The van der Waals surface area contributed by atoms with Crippen LogP contribution in [0.3, 0.4) is 0 Å². The second kappa shape index (κ2) is 9.53. The molecule has 0 fully saturated rings. The number of benzene rings is 3. The third-order valence-electron chi connectivity index (χ3n) is 4.65. The summed E-state index contributed by atoms with van der Waals surface area (Å²) in [4.78, 5) is 14.5. The van der Waals surface area contributed by atoms with E-state index in [0.29, 0.717) is 23.5 Å². The van der Waals surface area contributed by atoms with E-state index in [2.05, 4.69) is 10.0 Å². The van der Waals surface area contributed by atoms with Gasteiger partial charge in [0.2, 0.25) is 0 Å². The third-order valence-corrected chi connectivity index (χ3v) is 6.05. The molecular weight excluding hydrogens is 414 g/mol. The Morgan fingerprint density at radius 3 is 2.26 bits per heavy atom. The molecule has 0 aliphatic rings. The van der Waals surface area contributed by atoms with Crippen molar-refractivity contribution >= 4 is 27.3 Å². The molecule has 0 aromatic heterocycles. The number of rotatable bonds is 8. The second-order valence-electron chi connectivity index (χ2n) is 7.11. The normalized spacial score (nSPS) is 10.9. The van der Waals surface area contributed by atoms with Crippen LogP contribution in [0.5, 0.6) is 5.75 Å². The van der Waals surface area contributed by atoms with Crippen LogP contribution < -0.4 is 19.7 Å². The summed E-state index contributed by atoms with van der Waals surface area (Å²) < 4.78 is 32.8. The van der Waals surface area contributed by atoms with Crippen LogP contribution in [0.2, 0.25) is 0 Å². The molecule has 0 saturated carbocycles. The number of hydrogen-bond acceptors (Lipinski definition) is 5. The molecule has 7 nitrogen and oxygen atoms in total. The van der Waals surface area contributed by atoms with Gasteiger partial charge in [-0.25, -0.2) is 8.42 Å². The first-order chi connectivity index (χ1) is 14.8. The van der Waals surface area contributed by atoms with E-state index >= 15 is 0 Å². The maximum atomic E-state index is 12.6. The summed E-state index contributed by atoms with van der Waals surface area (Å²) in [6, 6.07) is 20.2. The van der Waals surface area contributed by atoms with Crippen molar-refractivity contribution in [3.05, 3.63) is 83.9 Å². The molecule has 8 heteroatoms. The van der Waals surface area contributed by atoms with Gasteiger partial charge in [0.15, 0.2) is 0 Å². The average Bonchev–Trinajstić information content (AvgIpc) is 2.78. The highest BCUT2D eigenvalue weighted by Crippen LogP contribution is 2.20. The number of anilines is 2. The number of nitrogens with zero attached hydrogens (tertiary/aromatic N) is 1. The van der Waals surface area contributed by atoms with Crippen molar-refractivity contribution in [2.75, 3.05) is 30.8 Å². The first-order valence-electron chi connectivity index (χ1n) is 9.60. The second-order valence-corrected chi connectivity index (χ2v) is 8.79. The molecule has 0 radical (unpaired) electrons. The molecule has 3 rings (SSSR count). The van der Waals surface area contributed by atoms with E-state index in [1.54, 1.807) is 24.3 Å². The zero-order valence-electron chi connectivity index (χ0n) is 17.6. The number of ether oxygens (including phenoxy) is 1. The van der Waals surface area contributed by atoms with Gasteiger partial charge in [-0.05, 0) is 66.2 Å². The number of nitrogens with one attached hydrogen (secondary N) is 2. The van der Waals surface area contributed by atoms with Crippen LogP contribution in [0.25, 0.3) is 0 Å².